The van der Waals surface area contributed by atoms with E-state index < -0.39 is 11.4 Å². The summed E-state index contributed by atoms with van der Waals surface area (Å²) in [5, 5.41) is 20.8. The molecule has 0 unspecified atom stereocenters. The van der Waals surface area contributed by atoms with Gasteiger partial charge in [-0.15, -0.1) is 0 Å². The summed E-state index contributed by atoms with van der Waals surface area (Å²) in [6, 6.07) is 4.70. The Labute approximate surface area is 104 Å². The third-order valence-corrected chi connectivity index (χ3v) is 2.81. The highest BCUT2D eigenvalue weighted by Crippen LogP contribution is 2.23. The Bertz CT molecular complexity index is 419. The van der Waals surface area contributed by atoms with Gasteiger partial charge in [-0.25, -0.2) is 0 Å². The lowest BCUT2D eigenvalue weighted by Gasteiger charge is -2.26. The lowest BCUT2D eigenvalue weighted by atomic mass is 10.0. The van der Waals surface area contributed by atoms with E-state index in [9.17, 15) is 4.79 Å². The van der Waals surface area contributed by atoms with Gasteiger partial charge < -0.3 is 21.3 Å². The molecular formula is C11H15ClN2O3. The molecular weight excluding hydrogens is 244 g/mol. The Kier molecular flexibility index (Phi) is 4.34. The fourth-order valence-electron chi connectivity index (χ4n) is 1.20. The Morgan fingerprint density at radius 3 is 2.59 bits per heavy atom. The van der Waals surface area contributed by atoms with Crippen molar-refractivity contribution in [2.75, 3.05) is 18.9 Å². The highest BCUT2D eigenvalue weighted by molar-refractivity contribution is 6.36. The minimum absolute atomic E-state index is 0.156. The summed E-state index contributed by atoms with van der Waals surface area (Å²) >= 11 is 5.89. The average Bonchev–Trinajstić information content (AvgIpc) is 2.32. The van der Waals surface area contributed by atoms with Crippen molar-refractivity contribution in [2.45, 2.75) is 12.5 Å². The average molecular weight is 259 g/mol. The van der Waals surface area contributed by atoms with E-state index in [1.165, 1.54) is 13.0 Å². The standard InChI is InChI=1S/C11H15ClN2O3/c1-11(5-15,6-16)14-10(17)7-3-2-4-8(13)9(7)12/h2-4,15-16H,5-6,13H2,1H3,(H,14,17). The lowest BCUT2D eigenvalue weighted by Crippen LogP contribution is -2.51. The number of halogens is 1. The van der Waals surface area contributed by atoms with E-state index in [4.69, 9.17) is 27.5 Å². The lowest BCUT2D eigenvalue weighted by molar-refractivity contribution is 0.0724. The second kappa shape index (κ2) is 5.35. The van der Waals surface area contributed by atoms with Gasteiger partial charge in [0.1, 0.15) is 0 Å². The van der Waals surface area contributed by atoms with Gasteiger partial charge >= 0.3 is 0 Å². The van der Waals surface area contributed by atoms with Crippen LogP contribution >= 0.6 is 11.6 Å². The van der Waals surface area contributed by atoms with Crippen molar-refractivity contribution in [3.05, 3.63) is 28.8 Å². The normalized spacial score (nSPS) is 11.3. The van der Waals surface area contributed by atoms with E-state index in [0.717, 1.165) is 0 Å². The summed E-state index contributed by atoms with van der Waals surface area (Å²) < 4.78 is 0. The zero-order valence-electron chi connectivity index (χ0n) is 9.40. The number of benzene rings is 1. The molecule has 5 N–H and O–H groups in total. The molecule has 5 nitrogen and oxygen atoms in total. The van der Waals surface area contributed by atoms with Crippen molar-refractivity contribution in [2.24, 2.45) is 0 Å². The molecule has 0 aliphatic rings. The first kappa shape index (κ1) is 13.8. The summed E-state index contributed by atoms with van der Waals surface area (Å²) in [7, 11) is 0. The third kappa shape index (κ3) is 3.09. The molecule has 0 atom stereocenters. The largest absolute Gasteiger partial charge is 0.398 e. The maximum absolute atomic E-state index is 11.9. The Hall–Kier alpha value is -1.30. The van der Waals surface area contributed by atoms with Gasteiger partial charge in [-0.05, 0) is 19.1 Å². The van der Waals surface area contributed by atoms with E-state index in [1.54, 1.807) is 12.1 Å². The van der Waals surface area contributed by atoms with Crippen LogP contribution in [0.2, 0.25) is 5.02 Å². The quantitative estimate of drug-likeness (QED) is 0.588. The molecule has 1 aromatic rings. The number of nitrogens with two attached hydrogens (primary N) is 1. The predicted octanol–water partition coefficient (Wildman–Crippen LogP) is 0.395. The maximum atomic E-state index is 11.9. The van der Waals surface area contributed by atoms with Gasteiger partial charge in [0.15, 0.2) is 0 Å². The first-order valence-electron chi connectivity index (χ1n) is 5.02. The summed E-state index contributed by atoms with van der Waals surface area (Å²) in [5.74, 6) is -0.493. The predicted molar refractivity (Wildman–Crippen MR) is 65.9 cm³/mol. The van der Waals surface area contributed by atoms with Crippen LogP contribution in [0.15, 0.2) is 18.2 Å². The van der Waals surface area contributed by atoms with Gasteiger partial charge in [0.2, 0.25) is 0 Å². The summed E-state index contributed by atoms with van der Waals surface area (Å²) in [5.41, 5.74) is 4.99. The molecule has 0 fully saturated rings. The Morgan fingerprint density at radius 1 is 1.47 bits per heavy atom. The van der Waals surface area contributed by atoms with Gasteiger partial charge in [0.25, 0.3) is 5.91 Å². The molecule has 17 heavy (non-hydrogen) atoms. The second-order valence-corrected chi connectivity index (χ2v) is 4.42. The first-order valence-corrected chi connectivity index (χ1v) is 5.39. The zero-order chi connectivity index (χ0) is 13.1. The van der Waals surface area contributed by atoms with Gasteiger partial charge in [-0.2, -0.15) is 0 Å². The van der Waals surface area contributed by atoms with Crippen LogP contribution in [0.25, 0.3) is 0 Å². The van der Waals surface area contributed by atoms with E-state index >= 15 is 0 Å². The molecule has 0 radical (unpaired) electrons. The van der Waals surface area contributed by atoms with Crippen molar-refractivity contribution in [1.29, 1.82) is 0 Å². The summed E-state index contributed by atoms with van der Waals surface area (Å²) in [6.45, 7) is 0.759. The molecule has 94 valence electrons. The number of hydrogen-bond acceptors (Lipinski definition) is 4. The van der Waals surface area contributed by atoms with Crippen molar-refractivity contribution < 1.29 is 15.0 Å². The molecule has 0 spiro atoms. The van der Waals surface area contributed by atoms with Crippen LogP contribution in [0.3, 0.4) is 0 Å². The van der Waals surface area contributed by atoms with Crippen molar-refractivity contribution in [3.8, 4) is 0 Å². The molecule has 1 rings (SSSR count). The molecule has 0 saturated heterocycles. The first-order chi connectivity index (χ1) is 7.93. The number of amides is 1. The van der Waals surface area contributed by atoms with Crippen molar-refractivity contribution in [1.82, 2.24) is 5.32 Å². The van der Waals surface area contributed by atoms with Gasteiger partial charge in [0, 0.05) is 0 Å². The number of anilines is 1. The minimum atomic E-state index is -1.09. The van der Waals surface area contributed by atoms with Gasteiger partial charge in [-0.1, -0.05) is 17.7 Å². The smallest absolute Gasteiger partial charge is 0.253 e. The van der Waals surface area contributed by atoms with Crippen LogP contribution in [0.5, 0.6) is 0 Å². The highest BCUT2D eigenvalue weighted by atomic mass is 35.5. The molecule has 0 bridgehead atoms. The van der Waals surface area contributed by atoms with Gasteiger partial charge in [0.05, 0.1) is 35.0 Å². The molecule has 1 aromatic carbocycles. The van der Waals surface area contributed by atoms with E-state index in [2.05, 4.69) is 5.32 Å². The van der Waals surface area contributed by atoms with Crippen LogP contribution in [-0.4, -0.2) is 34.9 Å². The fourth-order valence-corrected chi connectivity index (χ4v) is 1.41. The summed E-state index contributed by atoms with van der Waals surface area (Å²) in [4.78, 5) is 11.9. The van der Waals surface area contributed by atoms with Crippen molar-refractivity contribution in [3.63, 3.8) is 0 Å². The maximum Gasteiger partial charge on any atom is 0.253 e. The van der Waals surface area contributed by atoms with Gasteiger partial charge in [-0.3, -0.25) is 4.79 Å². The number of rotatable bonds is 4. The Balaban J connectivity index is 2.94. The fraction of sp³-hybridized carbons (Fsp3) is 0.364. The van der Waals surface area contributed by atoms with E-state index in [1.807, 2.05) is 0 Å². The number of nitrogens with one attached hydrogen (secondary N) is 1. The molecule has 0 aromatic heterocycles. The molecule has 0 heterocycles. The summed E-state index contributed by atoms with van der Waals surface area (Å²) in [6.07, 6.45) is 0. The number of hydrogen-bond donors (Lipinski definition) is 4. The minimum Gasteiger partial charge on any atom is -0.398 e. The number of carbonyl (C=O) groups is 1. The van der Waals surface area contributed by atoms with E-state index in [0.29, 0.717) is 5.69 Å². The molecule has 1 amide bonds. The van der Waals surface area contributed by atoms with Crippen molar-refractivity contribution >= 4 is 23.2 Å². The van der Waals surface area contributed by atoms with Crippen LogP contribution in [0, 0.1) is 0 Å². The van der Waals surface area contributed by atoms with Crippen LogP contribution < -0.4 is 11.1 Å². The number of nitrogen functional groups attached to an aromatic ring is 1. The monoisotopic (exact) mass is 258 g/mol. The topological polar surface area (TPSA) is 95.6 Å². The number of aliphatic hydroxyl groups is 2. The molecule has 0 aliphatic heterocycles. The second-order valence-electron chi connectivity index (χ2n) is 4.04. The van der Waals surface area contributed by atoms with Crippen LogP contribution in [0.1, 0.15) is 17.3 Å². The molecule has 6 heteroatoms. The zero-order valence-corrected chi connectivity index (χ0v) is 10.2. The molecule has 0 saturated carbocycles. The highest BCUT2D eigenvalue weighted by Gasteiger charge is 2.26. The number of aliphatic hydroxyl groups excluding tert-OH is 2. The number of carbonyl (C=O) groups excluding carboxylic acids is 1. The Morgan fingerprint density at radius 2 is 2.06 bits per heavy atom. The molecule has 0 aliphatic carbocycles. The SMILES string of the molecule is CC(CO)(CO)NC(=O)c1cccc(N)c1Cl. The third-order valence-electron chi connectivity index (χ3n) is 2.39. The van der Waals surface area contributed by atoms with E-state index in [-0.39, 0.29) is 23.8 Å². The van der Waals surface area contributed by atoms with Crippen LogP contribution in [0.4, 0.5) is 5.69 Å². The van der Waals surface area contributed by atoms with Crippen LogP contribution in [-0.2, 0) is 0 Å².